The third-order valence-corrected chi connectivity index (χ3v) is 4.65. The van der Waals surface area contributed by atoms with Crippen LogP contribution in [0.15, 0.2) is 12.1 Å². The third kappa shape index (κ3) is 5.09. The molecule has 0 amide bonds. The number of thiophene rings is 1. The van der Waals surface area contributed by atoms with Crippen LogP contribution in [0.5, 0.6) is 0 Å². The van der Waals surface area contributed by atoms with Crippen molar-refractivity contribution in [1.82, 2.24) is 10.2 Å². The highest BCUT2D eigenvalue weighted by molar-refractivity contribution is 7.11. The lowest BCUT2D eigenvalue weighted by Gasteiger charge is -2.24. The Balaban J connectivity index is 1.59. The molecule has 102 valence electrons. The maximum atomic E-state index is 3.57. The number of likely N-dealkylation sites (tertiary alicyclic amines) is 1. The monoisotopic (exact) mass is 266 g/mol. The highest BCUT2D eigenvalue weighted by Gasteiger charge is 2.07. The van der Waals surface area contributed by atoms with E-state index in [9.17, 15) is 0 Å². The van der Waals surface area contributed by atoms with E-state index < -0.39 is 0 Å². The topological polar surface area (TPSA) is 15.3 Å². The van der Waals surface area contributed by atoms with E-state index in [4.69, 9.17) is 0 Å². The first-order valence-electron chi connectivity index (χ1n) is 7.33. The zero-order chi connectivity index (χ0) is 12.6. The maximum absolute atomic E-state index is 3.57. The van der Waals surface area contributed by atoms with Gasteiger partial charge >= 0.3 is 0 Å². The Bertz CT molecular complexity index is 327. The summed E-state index contributed by atoms with van der Waals surface area (Å²) in [6.45, 7) is 8.15. The number of rotatable bonds is 5. The summed E-state index contributed by atoms with van der Waals surface area (Å²) in [5, 5.41) is 3.57. The summed E-state index contributed by atoms with van der Waals surface area (Å²) in [6, 6.07) is 4.45. The molecule has 2 rings (SSSR count). The normalized spacial score (nSPS) is 18.5. The predicted octanol–water partition coefficient (Wildman–Crippen LogP) is 3.41. The summed E-state index contributed by atoms with van der Waals surface area (Å²) in [7, 11) is 0. The summed E-state index contributed by atoms with van der Waals surface area (Å²) in [5.74, 6) is 0. The van der Waals surface area contributed by atoms with E-state index in [-0.39, 0.29) is 0 Å². The second-order valence-corrected chi connectivity index (χ2v) is 6.67. The van der Waals surface area contributed by atoms with Crippen LogP contribution >= 0.6 is 11.3 Å². The molecule has 0 radical (unpaired) electrons. The van der Waals surface area contributed by atoms with Crippen LogP contribution in [0.3, 0.4) is 0 Å². The molecule has 3 heteroatoms. The van der Waals surface area contributed by atoms with E-state index in [1.54, 1.807) is 0 Å². The van der Waals surface area contributed by atoms with Crippen molar-refractivity contribution in [3.63, 3.8) is 0 Å². The summed E-state index contributed by atoms with van der Waals surface area (Å²) in [4.78, 5) is 5.50. The van der Waals surface area contributed by atoms with Gasteiger partial charge in [-0.25, -0.2) is 0 Å². The Hall–Kier alpha value is -0.380. The van der Waals surface area contributed by atoms with Gasteiger partial charge in [-0.2, -0.15) is 0 Å². The van der Waals surface area contributed by atoms with Crippen LogP contribution < -0.4 is 5.32 Å². The predicted molar refractivity (Wildman–Crippen MR) is 80.3 cm³/mol. The lowest BCUT2D eigenvalue weighted by molar-refractivity contribution is 0.247. The Morgan fingerprint density at radius 3 is 2.50 bits per heavy atom. The van der Waals surface area contributed by atoms with Gasteiger partial charge in [0, 0.05) is 29.4 Å². The lowest BCUT2D eigenvalue weighted by atomic mass is 10.1. The van der Waals surface area contributed by atoms with Crippen molar-refractivity contribution in [2.45, 2.75) is 45.6 Å². The maximum Gasteiger partial charge on any atom is 0.0300 e. The van der Waals surface area contributed by atoms with Gasteiger partial charge in [-0.1, -0.05) is 19.3 Å². The van der Waals surface area contributed by atoms with Crippen LogP contribution in [-0.4, -0.2) is 31.1 Å². The van der Waals surface area contributed by atoms with E-state index in [2.05, 4.69) is 29.3 Å². The van der Waals surface area contributed by atoms with Gasteiger partial charge in [-0.15, -0.1) is 11.3 Å². The van der Waals surface area contributed by atoms with Crippen molar-refractivity contribution >= 4 is 11.3 Å². The van der Waals surface area contributed by atoms with Crippen LogP contribution in [0.1, 0.15) is 41.9 Å². The standard InChI is InChI=1S/C15H26N2S/c1-14-7-8-15(18-14)13-16-9-12-17-10-5-3-2-4-6-11-17/h7-8,16H,2-6,9-13H2,1H3. The minimum absolute atomic E-state index is 1.03. The highest BCUT2D eigenvalue weighted by Crippen LogP contribution is 2.14. The van der Waals surface area contributed by atoms with Gasteiger partial charge in [0.25, 0.3) is 0 Å². The molecular weight excluding hydrogens is 240 g/mol. The minimum atomic E-state index is 1.03. The molecule has 18 heavy (non-hydrogen) atoms. The smallest absolute Gasteiger partial charge is 0.0300 e. The molecule has 1 saturated heterocycles. The van der Waals surface area contributed by atoms with Gasteiger partial charge in [-0.05, 0) is 45.0 Å². The van der Waals surface area contributed by atoms with Gasteiger partial charge in [-0.3, -0.25) is 0 Å². The number of hydrogen-bond acceptors (Lipinski definition) is 3. The molecule has 0 atom stereocenters. The fourth-order valence-corrected chi connectivity index (χ4v) is 3.43. The first kappa shape index (κ1) is 14.0. The number of nitrogens with one attached hydrogen (secondary N) is 1. The fourth-order valence-electron chi connectivity index (χ4n) is 2.57. The highest BCUT2D eigenvalue weighted by atomic mass is 32.1. The van der Waals surface area contributed by atoms with Crippen molar-refractivity contribution in [3.05, 3.63) is 21.9 Å². The molecule has 1 aromatic rings. The number of aryl methyl sites for hydroxylation is 1. The fraction of sp³-hybridized carbons (Fsp3) is 0.733. The summed E-state index contributed by atoms with van der Waals surface area (Å²) >= 11 is 1.90. The average molecular weight is 266 g/mol. The second-order valence-electron chi connectivity index (χ2n) is 5.30. The van der Waals surface area contributed by atoms with E-state index >= 15 is 0 Å². The minimum Gasteiger partial charge on any atom is -0.311 e. The van der Waals surface area contributed by atoms with Gasteiger partial charge in [0.15, 0.2) is 0 Å². The van der Waals surface area contributed by atoms with E-state index in [0.29, 0.717) is 0 Å². The number of nitrogens with zero attached hydrogens (tertiary/aromatic N) is 1. The molecule has 2 nitrogen and oxygen atoms in total. The molecule has 1 aliphatic rings. The van der Waals surface area contributed by atoms with E-state index in [0.717, 1.165) is 13.1 Å². The van der Waals surface area contributed by atoms with Crippen molar-refractivity contribution in [1.29, 1.82) is 0 Å². The summed E-state index contributed by atoms with van der Waals surface area (Å²) < 4.78 is 0. The SMILES string of the molecule is Cc1ccc(CNCCN2CCCCCCC2)s1. The third-order valence-electron chi connectivity index (χ3n) is 3.65. The first-order chi connectivity index (χ1) is 8.84. The lowest BCUT2D eigenvalue weighted by Crippen LogP contribution is -2.34. The molecule has 1 aromatic heterocycles. The van der Waals surface area contributed by atoms with Crippen LogP contribution in [0.4, 0.5) is 0 Å². The number of hydrogen-bond donors (Lipinski definition) is 1. The Labute approximate surface area is 115 Å². The molecule has 1 aliphatic heterocycles. The molecule has 0 aliphatic carbocycles. The quantitative estimate of drug-likeness (QED) is 0.822. The molecule has 2 heterocycles. The zero-order valence-corrected chi connectivity index (χ0v) is 12.4. The van der Waals surface area contributed by atoms with Gasteiger partial charge in [0.05, 0.1) is 0 Å². The molecule has 0 bridgehead atoms. The van der Waals surface area contributed by atoms with Crippen LogP contribution in [-0.2, 0) is 6.54 Å². The van der Waals surface area contributed by atoms with Crippen LogP contribution in [0.2, 0.25) is 0 Å². The van der Waals surface area contributed by atoms with E-state index in [1.807, 2.05) is 11.3 Å². The average Bonchev–Trinajstić information content (AvgIpc) is 2.72. The van der Waals surface area contributed by atoms with Crippen molar-refractivity contribution in [2.24, 2.45) is 0 Å². The summed E-state index contributed by atoms with van der Waals surface area (Å²) in [5.41, 5.74) is 0. The molecule has 1 N–H and O–H groups in total. The van der Waals surface area contributed by atoms with Crippen LogP contribution in [0.25, 0.3) is 0 Å². The molecule has 0 unspecified atom stereocenters. The Kier molecular flexibility index (Phi) is 6.18. The van der Waals surface area contributed by atoms with E-state index in [1.165, 1.54) is 61.5 Å². The van der Waals surface area contributed by atoms with Gasteiger partial charge in [0.1, 0.15) is 0 Å². The van der Waals surface area contributed by atoms with Crippen LogP contribution in [0, 0.1) is 6.92 Å². The molecule has 0 saturated carbocycles. The molecular formula is C15H26N2S. The van der Waals surface area contributed by atoms with Crippen molar-refractivity contribution in [2.75, 3.05) is 26.2 Å². The Morgan fingerprint density at radius 1 is 1.11 bits per heavy atom. The molecule has 0 aromatic carbocycles. The zero-order valence-electron chi connectivity index (χ0n) is 11.6. The van der Waals surface area contributed by atoms with Gasteiger partial charge < -0.3 is 10.2 Å². The Morgan fingerprint density at radius 2 is 1.83 bits per heavy atom. The largest absolute Gasteiger partial charge is 0.311 e. The molecule has 1 fully saturated rings. The van der Waals surface area contributed by atoms with Crippen molar-refractivity contribution < 1.29 is 0 Å². The first-order valence-corrected chi connectivity index (χ1v) is 8.14. The van der Waals surface area contributed by atoms with Gasteiger partial charge in [0.2, 0.25) is 0 Å². The second kappa shape index (κ2) is 7.93. The van der Waals surface area contributed by atoms with Crippen molar-refractivity contribution in [3.8, 4) is 0 Å². The summed E-state index contributed by atoms with van der Waals surface area (Å²) in [6.07, 6.45) is 7.09. The molecule has 0 spiro atoms.